The molecule has 1 aliphatic heterocycles. The first kappa shape index (κ1) is 18.7. The Hall–Kier alpha value is -2.09. The first-order chi connectivity index (χ1) is 12.3. The van der Waals surface area contributed by atoms with Gasteiger partial charge >= 0.3 is 0 Å². The first-order valence-corrected chi connectivity index (χ1v) is 9.79. The van der Waals surface area contributed by atoms with Crippen LogP contribution in [0.2, 0.25) is 0 Å². The lowest BCUT2D eigenvalue weighted by Crippen LogP contribution is -2.55. The molecule has 0 bridgehead atoms. The van der Waals surface area contributed by atoms with Crippen LogP contribution in [-0.4, -0.2) is 11.4 Å². The minimum Gasteiger partial charge on any atom is -0.307 e. The van der Waals surface area contributed by atoms with Gasteiger partial charge in [-0.05, 0) is 55.9 Å². The molecule has 2 aromatic carbocycles. The molecule has 2 nitrogen and oxygen atoms in total. The van der Waals surface area contributed by atoms with Crippen LogP contribution >= 0.6 is 0 Å². The molecular formula is C24H31NO. The number of para-hydroxylation sites is 1. The molecule has 26 heavy (non-hydrogen) atoms. The van der Waals surface area contributed by atoms with E-state index in [0.717, 1.165) is 18.5 Å². The van der Waals surface area contributed by atoms with Crippen molar-refractivity contribution in [3.05, 3.63) is 65.2 Å². The van der Waals surface area contributed by atoms with Gasteiger partial charge in [-0.25, -0.2) is 0 Å². The highest BCUT2D eigenvalue weighted by atomic mass is 16.2. The predicted octanol–water partition coefficient (Wildman–Crippen LogP) is 5.87. The van der Waals surface area contributed by atoms with Crippen LogP contribution in [0, 0.1) is 0 Å². The fourth-order valence-corrected chi connectivity index (χ4v) is 4.77. The van der Waals surface area contributed by atoms with Gasteiger partial charge in [0.2, 0.25) is 5.91 Å². The van der Waals surface area contributed by atoms with Crippen molar-refractivity contribution in [1.82, 2.24) is 0 Å². The number of carbonyl (C=O) groups is 1. The van der Waals surface area contributed by atoms with E-state index in [9.17, 15) is 4.79 Å². The monoisotopic (exact) mass is 349 g/mol. The van der Waals surface area contributed by atoms with Crippen molar-refractivity contribution in [3.8, 4) is 0 Å². The summed E-state index contributed by atoms with van der Waals surface area (Å²) >= 11 is 0. The van der Waals surface area contributed by atoms with Gasteiger partial charge in [-0.1, -0.05) is 62.7 Å². The Kier molecular flexibility index (Phi) is 4.96. The van der Waals surface area contributed by atoms with Crippen molar-refractivity contribution in [2.45, 2.75) is 71.3 Å². The Morgan fingerprint density at radius 1 is 1.04 bits per heavy atom. The second-order valence-corrected chi connectivity index (χ2v) is 8.49. The number of anilines is 1. The molecule has 3 rings (SSSR count). The molecule has 1 aliphatic rings. The topological polar surface area (TPSA) is 20.3 Å². The SMILES string of the molecule is CCCCc1ccc([C@@]2(C)CC(C)(C)N(C(C)=O)c3ccccc32)cc1. The Balaban J connectivity index is 2.08. The standard InChI is InChI=1S/C24H31NO/c1-6-7-10-19-13-15-20(16-14-19)24(5)17-23(3,4)25(18(2)26)22-12-9-8-11-21(22)24/h8-9,11-16H,6-7,10,17H2,1-5H3/t24-/m1/s1. The molecule has 0 N–H and O–H groups in total. The van der Waals surface area contributed by atoms with Crippen LogP contribution in [0.3, 0.4) is 0 Å². The molecule has 0 radical (unpaired) electrons. The molecule has 0 spiro atoms. The van der Waals surface area contributed by atoms with Gasteiger partial charge in [0, 0.05) is 23.6 Å². The van der Waals surface area contributed by atoms with Crippen molar-refractivity contribution < 1.29 is 4.79 Å². The molecule has 0 fully saturated rings. The fraction of sp³-hybridized carbons (Fsp3) is 0.458. The summed E-state index contributed by atoms with van der Waals surface area (Å²) in [6.07, 6.45) is 4.51. The predicted molar refractivity (Wildman–Crippen MR) is 110 cm³/mol. The average molecular weight is 350 g/mol. The third-order valence-corrected chi connectivity index (χ3v) is 5.86. The number of unbranched alkanes of at least 4 members (excludes halogenated alkanes) is 1. The van der Waals surface area contributed by atoms with Gasteiger partial charge < -0.3 is 4.90 Å². The molecule has 1 heterocycles. The summed E-state index contributed by atoms with van der Waals surface area (Å²) in [6, 6.07) is 17.5. The highest BCUT2D eigenvalue weighted by Crippen LogP contribution is 2.50. The lowest BCUT2D eigenvalue weighted by molar-refractivity contribution is -0.117. The average Bonchev–Trinajstić information content (AvgIpc) is 2.59. The lowest BCUT2D eigenvalue weighted by atomic mass is 9.65. The minimum absolute atomic E-state index is 0.102. The number of nitrogens with zero attached hydrogens (tertiary/aromatic N) is 1. The van der Waals surface area contributed by atoms with E-state index in [1.165, 1.54) is 29.5 Å². The molecule has 0 unspecified atom stereocenters. The van der Waals surface area contributed by atoms with Crippen LogP contribution in [0.1, 0.15) is 70.6 Å². The van der Waals surface area contributed by atoms with E-state index in [0.29, 0.717) is 0 Å². The van der Waals surface area contributed by atoms with Crippen LogP contribution in [0.25, 0.3) is 0 Å². The third-order valence-electron chi connectivity index (χ3n) is 5.86. The van der Waals surface area contributed by atoms with Crippen LogP contribution in [0.4, 0.5) is 5.69 Å². The zero-order valence-electron chi connectivity index (χ0n) is 16.8. The van der Waals surface area contributed by atoms with Gasteiger partial charge in [-0.2, -0.15) is 0 Å². The highest BCUT2D eigenvalue weighted by Gasteiger charge is 2.46. The normalized spacial score (nSPS) is 21.3. The number of carbonyl (C=O) groups excluding carboxylic acids is 1. The quantitative estimate of drug-likeness (QED) is 0.676. The zero-order valence-corrected chi connectivity index (χ0v) is 16.8. The van der Waals surface area contributed by atoms with Gasteiger partial charge in [0.15, 0.2) is 0 Å². The molecule has 1 atom stereocenters. The molecule has 1 amide bonds. The van der Waals surface area contributed by atoms with E-state index in [2.05, 4.69) is 70.2 Å². The Labute approximate surface area is 158 Å². The Morgan fingerprint density at radius 3 is 2.31 bits per heavy atom. The smallest absolute Gasteiger partial charge is 0.224 e. The van der Waals surface area contributed by atoms with Crippen LogP contribution in [-0.2, 0) is 16.6 Å². The summed E-state index contributed by atoms with van der Waals surface area (Å²) in [5, 5.41) is 0. The summed E-state index contributed by atoms with van der Waals surface area (Å²) in [5.74, 6) is 0.111. The molecule has 0 aliphatic carbocycles. The van der Waals surface area contributed by atoms with Crippen molar-refractivity contribution >= 4 is 11.6 Å². The molecule has 0 aromatic heterocycles. The molecule has 138 valence electrons. The molecule has 2 aromatic rings. The number of hydrogen-bond donors (Lipinski definition) is 0. The summed E-state index contributed by atoms with van der Waals surface area (Å²) in [7, 11) is 0. The second kappa shape index (κ2) is 6.90. The largest absolute Gasteiger partial charge is 0.307 e. The molecule has 0 saturated heterocycles. The first-order valence-electron chi connectivity index (χ1n) is 9.79. The maximum absolute atomic E-state index is 12.4. The third kappa shape index (κ3) is 3.18. The number of fused-ring (bicyclic) bond motifs is 1. The van der Waals surface area contributed by atoms with Gasteiger partial charge in [0.25, 0.3) is 0 Å². The Morgan fingerprint density at radius 2 is 1.69 bits per heavy atom. The van der Waals surface area contributed by atoms with Gasteiger partial charge in [-0.15, -0.1) is 0 Å². The van der Waals surface area contributed by atoms with E-state index in [4.69, 9.17) is 0 Å². The fourth-order valence-electron chi connectivity index (χ4n) is 4.77. The van der Waals surface area contributed by atoms with Crippen molar-refractivity contribution in [2.75, 3.05) is 4.90 Å². The van der Waals surface area contributed by atoms with Crippen LogP contribution < -0.4 is 4.90 Å². The number of aryl methyl sites for hydroxylation is 1. The summed E-state index contributed by atoms with van der Waals surface area (Å²) in [4.78, 5) is 14.4. The molecule has 0 saturated carbocycles. The van der Waals surface area contributed by atoms with Crippen LogP contribution in [0.5, 0.6) is 0 Å². The maximum Gasteiger partial charge on any atom is 0.224 e. The summed E-state index contributed by atoms with van der Waals surface area (Å²) < 4.78 is 0. The molecular weight excluding hydrogens is 318 g/mol. The Bertz CT molecular complexity index is 790. The van der Waals surface area contributed by atoms with Crippen molar-refractivity contribution in [2.24, 2.45) is 0 Å². The number of amides is 1. The zero-order chi connectivity index (χ0) is 18.9. The van der Waals surface area contributed by atoms with E-state index in [-0.39, 0.29) is 16.9 Å². The minimum atomic E-state index is -0.226. The van der Waals surface area contributed by atoms with Gasteiger partial charge in [-0.3, -0.25) is 4.79 Å². The van der Waals surface area contributed by atoms with Gasteiger partial charge in [0.05, 0.1) is 0 Å². The van der Waals surface area contributed by atoms with Crippen molar-refractivity contribution in [3.63, 3.8) is 0 Å². The lowest BCUT2D eigenvalue weighted by Gasteiger charge is -2.51. The van der Waals surface area contributed by atoms with E-state index >= 15 is 0 Å². The summed E-state index contributed by atoms with van der Waals surface area (Å²) in [6.45, 7) is 10.6. The number of benzene rings is 2. The second-order valence-electron chi connectivity index (χ2n) is 8.49. The van der Waals surface area contributed by atoms with Crippen molar-refractivity contribution in [1.29, 1.82) is 0 Å². The van der Waals surface area contributed by atoms with E-state index in [1.54, 1.807) is 6.92 Å². The van der Waals surface area contributed by atoms with Crippen LogP contribution in [0.15, 0.2) is 48.5 Å². The maximum atomic E-state index is 12.4. The van der Waals surface area contributed by atoms with E-state index in [1.807, 2.05) is 11.0 Å². The van der Waals surface area contributed by atoms with Gasteiger partial charge in [0.1, 0.15) is 0 Å². The molecule has 2 heteroatoms. The highest BCUT2D eigenvalue weighted by molar-refractivity contribution is 5.95. The number of rotatable bonds is 4. The number of hydrogen-bond acceptors (Lipinski definition) is 1. The summed E-state index contributed by atoms with van der Waals surface area (Å²) in [5.41, 5.74) is 4.71. The van der Waals surface area contributed by atoms with E-state index < -0.39 is 0 Å².